The minimum absolute atomic E-state index is 0.0171. The van der Waals surface area contributed by atoms with Crippen molar-refractivity contribution >= 4 is 27.9 Å². The number of hydrogen-bond acceptors (Lipinski definition) is 9. The average Bonchev–Trinajstić information content (AvgIpc) is 3.40. The van der Waals surface area contributed by atoms with Crippen molar-refractivity contribution in [3.8, 4) is 11.5 Å². The second kappa shape index (κ2) is 7.86. The molecule has 164 valence electrons. The molecule has 0 aliphatic carbocycles. The lowest BCUT2D eigenvalue weighted by Gasteiger charge is -2.21. The zero-order chi connectivity index (χ0) is 22.4. The molecular weight excluding hydrogens is 430 g/mol. The van der Waals surface area contributed by atoms with Crippen LogP contribution < -0.4 is 14.5 Å². The van der Waals surface area contributed by atoms with Gasteiger partial charge in [-0.1, -0.05) is 18.3 Å². The monoisotopic (exact) mass is 451 g/mol. The number of benzene rings is 2. The van der Waals surface area contributed by atoms with Crippen LogP contribution in [0.15, 0.2) is 35.4 Å². The van der Waals surface area contributed by atoms with Gasteiger partial charge in [-0.2, -0.15) is 5.10 Å². The van der Waals surface area contributed by atoms with E-state index in [1.807, 2.05) is 24.1 Å². The summed E-state index contributed by atoms with van der Waals surface area (Å²) in [6, 6.07) is 9.03. The molecule has 3 aromatic rings. The van der Waals surface area contributed by atoms with Gasteiger partial charge in [0.2, 0.25) is 11.9 Å². The fourth-order valence-corrected chi connectivity index (χ4v) is 4.80. The van der Waals surface area contributed by atoms with E-state index in [1.165, 1.54) is 17.4 Å². The molecule has 0 bridgehead atoms. The number of rotatable bonds is 4. The second-order valence-corrected chi connectivity index (χ2v) is 8.84. The molecule has 32 heavy (non-hydrogen) atoms. The highest BCUT2D eigenvalue weighted by Gasteiger charge is 2.29. The number of hydrazone groups is 1. The molecule has 1 unspecified atom stereocenters. The minimum atomic E-state index is -0.373. The van der Waals surface area contributed by atoms with Crippen LogP contribution in [0.5, 0.6) is 11.5 Å². The number of ether oxygens (including phenoxy) is 2. The van der Waals surface area contributed by atoms with Crippen molar-refractivity contribution in [1.82, 2.24) is 10.2 Å². The molecule has 3 heterocycles. The normalized spacial score (nSPS) is 17.0. The number of nitro benzene ring substituents is 1. The Kier molecular flexibility index (Phi) is 5.01. The van der Waals surface area contributed by atoms with Gasteiger partial charge in [0.1, 0.15) is 5.01 Å². The average molecular weight is 452 g/mol. The van der Waals surface area contributed by atoms with Gasteiger partial charge in [-0.05, 0) is 56.5 Å². The summed E-state index contributed by atoms with van der Waals surface area (Å²) in [5.74, 6) is 1.38. The summed E-state index contributed by atoms with van der Waals surface area (Å²) in [6.45, 7) is 6.06. The quantitative estimate of drug-likeness (QED) is 0.431. The molecule has 2 aliphatic rings. The van der Waals surface area contributed by atoms with Crippen molar-refractivity contribution in [2.75, 3.05) is 11.8 Å². The lowest BCUT2D eigenvalue weighted by molar-refractivity contribution is -0.385. The molecule has 5 rings (SSSR count). The van der Waals surface area contributed by atoms with E-state index in [0.717, 1.165) is 33.3 Å². The fourth-order valence-electron chi connectivity index (χ4n) is 3.97. The van der Waals surface area contributed by atoms with Crippen molar-refractivity contribution in [3.63, 3.8) is 0 Å². The molecule has 0 saturated heterocycles. The van der Waals surface area contributed by atoms with E-state index in [-0.39, 0.29) is 23.4 Å². The van der Waals surface area contributed by atoms with Crippen LogP contribution in [0, 0.1) is 17.0 Å². The van der Waals surface area contributed by atoms with Crippen LogP contribution in [0.2, 0.25) is 0 Å². The summed E-state index contributed by atoms with van der Waals surface area (Å²) < 4.78 is 11.2. The number of hydrogen-bond donors (Lipinski definition) is 0. The van der Waals surface area contributed by atoms with Crippen LogP contribution in [0.1, 0.15) is 41.1 Å². The highest BCUT2D eigenvalue weighted by atomic mass is 32.1. The molecular formula is C22H21N5O4S. The van der Waals surface area contributed by atoms with Gasteiger partial charge in [-0.3, -0.25) is 10.1 Å². The van der Waals surface area contributed by atoms with Gasteiger partial charge in [0, 0.05) is 22.8 Å². The predicted octanol–water partition coefficient (Wildman–Crippen LogP) is 4.25. The SMILES string of the molecule is CCc1nnc(N2N=C(c3ccc([N+](=O)[O-])c(C)c3)c3cc4c(cc3CC2C)OCO4)s1. The first-order valence-electron chi connectivity index (χ1n) is 10.3. The van der Waals surface area contributed by atoms with Crippen LogP contribution >= 0.6 is 11.3 Å². The van der Waals surface area contributed by atoms with E-state index in [2.05, 4.69) is 17.1 Å². The van der Waals surface area contributed by atoms with E-state index in [4.69, 9.17) is 14.6 Å². The van der Waals surface area contributed by atoms with Crippen molar-refractivity contribution in [2.45, 2.75) is 39.7 Å². The first-order chi connectivity index (χ1) is 15.4. The minimum Gasteiger partial charge on any atom is -0.454 e. The third kappa shape index (κ3) is 3.46. The summed E-state index contributed by atoms with van der Waals surface area (Å²) in [6.07, 6.45) is 1.52. The topological polar surface area (TPSA) is 103 Å². The summed E-state index contributed by atoms with van der Waals surface area (Å²) >= 11 is 1.52. The lowest BCUT2D eigenvalue weighted by atomic mass is 9.93. The third-order valence-corrected chi connectivity index (χ3v) is 6.67. The maximum Gasteiger partial charge on any atom is 0.272 e. The van der Waals surface area contributed by atoms with Gasteiger partial charge >= 0.3 is 0 Å². The van der Waals surface area contributed by atoms with Crippen LogP contribution in [0.25, 0.3) is 0 Å². The molecule has 1 atom stereocenters. The number of aryl methyl sites for hydroxylation is 2. The van der Waals surface area contributed by atoms with E-state index in [1.54, 1.807) is 19.1 Å². The standard InChI is InChI=1S/C22H21N5O4S/c1-4-20-23-24-22(32-20)26-13(3)8-15-9-18-19(31-11-30-18)10-16(15)21(25-26)14-5-6-17(27(28)29)12(2)7-14/h5-7,9-10,13H,4,8,11H2,1-3H3. The molecule has 0 amide bonds. The highest BCUT2D eigenvalue weighted by molar-refractivity contribution is 7.15. The maximum atomic E-state index is 11.3. The van der Waals surface area contributed by atoms with E-state index in [9.17, 15) is 10.1 Å². The Morgan fingerprint density at radius 3 is 2.69 bits per heavy atom. The summed E-state index contributed by atoms with van der Waals surface area (Å²) in [4.78, 5) is 11.0. The predicted molar refractivity (Wildman–Crippen MR) is 121 cm³/mol. The fraction of sp³-hybridized carbons (Fsp3) is 0.318. The van der Waals surface area contributed by atoms with E-state index in [0.29, 0.717) is 29.2 Å². The highest BCUT2D eigenvalue weighted by Crippen LogP contribution is 2.39. The molecule has 0 spiro atoms. The zero-order valence-corrected chi connectivity index (χ0v) is 18.7. The second-order valence-electron chi connectivity index (χ2n) is 7.80. The number of aromatic nitrogens is 2. The third-order valence-electron chi connectivity index (χ3n) is 5.62. The van der Waals surface area contributed by atoms with Crippen molar-refractivity contribution in [1.29, 1.82) is 0 Å². The first-order valence-corrected chi connectivity index (χ1v) is 11.1. The summed E-state index contributed by atoms with van der Waals surface area (Å²) in [7, 11) is 0. The Labute approximate surface area is 188 Å². The molecule has 0 N–H and O–H groups in total. The molecule has 10 heteroatoms. The molecule has 9 nitrogen and oxygen atoms in total. The van der Waals surface area contributed by atoms with Gasteiger partial charge in [-0.15, -0.1) is 10.2 Å². The Morgan fingerprint density at radius 2 is 2.00 bits per heavy atom. The van der Waals surface area contributed by atoms with Crippen molar-refractivity contribution < 1.29 is 14.4 Å². The van der Waals surface area contributed by atoms with Gasteiger partial charge in [0.05, 0.1) is 16.7 Å². The smallest absolute Gasteiger partial charge is 0.272 e. The number of anilines is 1. The van der Waals surface area contributed by atoms with Crippen LogP contribution in [0.3, 0.4) is 0 Å². The van der Waals surface area contributed by atoms with Gasteiger partial charge < -0.3 is 9.47 Å². The Hall–Kier alpha value is -3.53. The first kappa shape index (κ1) is 20.4. The van der Waals surface area contributed by atoms with Gasteiger partial charge in [0.25, 0.3) is 5.69 Å². The Balaban J connectivity index is 1.69. The summed E-state index contributed by atoms with van der Waals surface area (Å²) in [5.41, 5.74) is 4.12. The van der Waals surface area contributed by atoms with Gasteiger partial charge in [0.15, 0.2) is 11.5 Å². The Bertz CT molecular complexity index is 1260. The molecule has 0 radical (unpaired) electrons. The number of nitro groups is 1. The molecule has 0 fully saturated rings. The molecule has 2 aliphatic heterocycles. The van der Waals surface area contributed by atoms with Crippen LogP contribution in [0.4, 0.5) is 10.8 Å². The molecule has 1 aromatic heterocycles. The molecule has 0 saturated carbocycles. The largest absolute Gasteiger partial charge is 0.454 e. The lowest BCUT2D eigenvalue weighted by Crippen LogP contribution is -2.29. The maximum absolute atomic E-state index is 11.3. The number of fused-ring (bicyclic) bond motifs is 2. The van der Waals surface area contributed by atoms with Crippen molar-refractivity contribution in [3.05, 3.63) is 67.7 Å². The summed E-state index contributed by atoms with van der Waals surface area (Å²) in [5, 5.41) is 28.5. The van der Waals surface area contributed by atoms with E-state index >= 15 is 0 Å². The van der Waals surface area contributed by atoms with Crippen LogP contribution in [-0.2, 0) is 12.8 Å². The number of nitrogens with zero attached hydrogens (tertiary/aromatic N) is 5. The Morgan fingerprint density at radius 1 is 1.22 bits per heavy atom. The van der Waals surface area contributed by atoms with Crippen molar-refractivity contribution in [2.24, 2.45) is 5.10 Å². The zero-order valence-electron chi connectivity index (χ0n) is 17.9. The van der Waals surface area contributed by atoms with E-state index < -0.39 is 0 Å². The van der Waals surface area contributed by atoms with Crippen LogP contribution in [-0.4, -0.2) is 33.7 Å². The molecule has 2 aromatic carbocycles. The van der Waals surface area contributed by atoms with Gasteiger partial charge in [-0.25, -0.2) is 5.01 Å².